The standard InChI is InChI=1S/C27H25F2N3O4S2/c1-36-20-7-10-24-25(15-20)37-27(30-24)32(17-18-5-3-2-4-6-18)26(33)19-11-13-31(14-12-19)38(34,35)21-8-9-22(28)23(29)16-21/h2-10,15-16,19H,11-14,17H2,1H3. The number of benzene rings is 3. The van der Waals surface area contributed by atoms with Gasteiger partial charge in [0.15, 0.2) is 16.8 Å². The van der Waals surface area contributed by atoms with Crippen molar-refractivity contribution in [3.05, 3.63) is 83.9 Å². The molecule has 0 radical (unpaired) electrons. The van der Waals surface area contributed by atoms with E-state index in [4.69, 9.17) is 9.72 Å². The molecule has 198 valence electrons. The molecule has 0 spiro atoms. The van der Waals surface area contributed by atoms with Crippen molar-refractivity contribution in [3.8, 4) is 5.75 Å². The molecular weight excluding hydrogens is 532 g/mol. The van der Waals surface area contributed by atoms with Crippen molar-refractivity contribution in [2.24, 2.45) is 5.92 Å². The molecule has 0 unspecified atom stereocenters. The van der Waals surface area contributed by atoms with E-state index in [1.165, 1.54) is 15.6 Å². The van der Waals surface area contributed by atoms with Crippen LogP contribution in [0.3, 0.4) is 0 Å². The number of anilines is 1. The molecule has 1 aromatic heterocycles. The summed E-state index contributed by atoms with van der Waals surface area (Å²) in [4.78, 5) is 19.9. The molecule has 11 heteroatoms. The third kappa shape index (κ3) is 5.27. The summed E-state index contributed by atoms with van der Waals surface area (Å²) in [6.07, 6.45) is 0.595. The average molecular weight is 558 g/mol. The number of nitrogens with zero attached hydrogens (tertiary/aromatic N) is 3. The Labute approximate surface area is 223 Å². The number of ether oxygens (including phenoxy) is 1. The second-order valence-electron chi connectivity index (χ2n) is 8.99. The summed E-state index contributed by atoms with van der Waals surface area (Å²) in [6.45, 7) is 0.506. The van der Waals surface area contributed by atoms with Crippen LogP contribution in [0, 0.1) is 17.6 Å². The van der Waals surface area contributed by atoms with E-state index in [0.717, 1.165) is 27.9 Å². The molecule has 5 rings (SSSR count). The molecule has 1 saturated heterocycles. The Balaban J connectivity index is 1.37. The van der Waals surface area contributed by atoms with Crippen LogP contribution in [0.15, 0.2) is 71.6 Å². The van der Waals surface area contributed by atoms with Gasteiger partial charge in [-0.25, -0.2) is 22.2 Å². The minimum Gasteiger partial charge on any atom is -0.497 e. The Morgan fingerprint density at radius 2 is 1.79 bits per heavy atom. The van der Waals surface area contributed by atoms with Gasteiger partial charge < -0.3 is 4.74 Å². The van der Waals surface area contributed by atoms with Gasteiger partial charge in [-0.15, -0.1) is 0 Å². The Morgan fingerprint density at radius 1 is 1.05 bits per heavy atom. The number of fused-ring (bicyclic) bond motifs is 1. The predicted molar refractivity (Wildman–Crippen MR) is 142 cm³/mol. The molecule has 38 heavy (non-hydrogen) atoms. The topological polar surface area (TPSA) is 79.8 Å². The van der Waals surface area contributed by atoms with Gasteiger partial charge in [0.2, 0.25) is 15.9 Å². The SMILES string of the molecule is COc1ccc2nc(N(Cc3ccccc3)C(=O)C3CCN(S(=O)(=O)c4ccc(F)c(F)c4)CC3)sc2c1. The molecule has 3 aromatic carbocycles. The van der Waals surface area contributed by atoms with Crippen molar-refractivity contribution in [1.82, 2.24) is 9.29 Å². The third-order valence-electron chi connectivity index (χ3n) is 6.60. The number of aromatic nitrogens is 1. The van der Waals surface area contributed by atoms with E-state index in [-0.39, 0.29) is 23.9 Å². The first-order valence-corrected chi connectivity index (χ1v) is 14.3. The number of piperidine rings is 1. The molecule has 4 aromatic rings. The zero-order valence-corrected chi connectivity index (χ0v) is 22.1. The lowest BCUT2D eigenvalue weighted by atomic mass is 9.96. The quantitative estimate of drug-likeness (QED) is 0.312. The van der Waals surface area contributed by atoms with E-state index in [1.54, 1.807) is 12.0 Å². The second kappa shape index (κ2) is 10.8. The van der Waals surface area contributed by atoms with Crippen LogP contribution >= 0.6 is 11.3 Å². The number of sulfonamides is 1. The largest absolute Gasteiger partial charge is 0.497 e. The van der Waals surface area contributed by atoms with Gasteiger partial charge in [-0.05, 0) is 54.8 Å². The maximum Gasteiger partial charge on any atom is 0.243 e. The van der Waals surface area contributed by atoms with Crippen LogP contribution in [0.2, 0.25) is 0 Å². The van der Waals surface area contributed by atoms with Crippen molar-refractivity contribution in [2.45, 2.75) is 24.3 Å². The molecule has 0 saturated carbocycles. The van der Waals surface area contributed by atoms with Crippen molar-refractivity contribution < 1.29 is 26.7 Å². The Kier molecular flexibility index (Phi) is 7.42. The molecule has 0 N–H and O–H groups in total. The fourth-order valence-corrected chi connectivity index (χ4v) is 6.97. The average Bonchev–Trinajstić information content (AvgIpc) is 3.36. The van der Waals surface area contributed by atoms with Gasteiger partial charge in [-0.1, -0.05) is 41.7 Å². The van der Waals surface area contributed by atoms with Gasteiger partial charge in [-0.3, -0.25) is 9.69 Å². The molecule has 2 heterocycles. The van der Waals surface area contributed by atoms with Gasteiger partial charge in [0.05, 0.1) is 28.8 Å². The van der Waals surface area contributed by atoms with E-state index in [0.29, 0.717) is 36.3 Å². The summed E-state index contributed by atoms with van der Waals surface area (Å²) >= 11 is 1.39. The molecule has 1 amide bonds. The van der Waals surface area contributed by atoms with Crippen molar-refractivity contribution in [3.63, 3.8) is 0 Å². The van der Waals surface area contributed by atoms with Gasteiger partial charge >= 0.3 is 0 Å². The molecule has 7 nitrogen and oxygen atoms in total. The number of thiazole rings is 1. The number of amides is 1. The fourth-order valence-electron chi connectivity index (χ4n) is 4.49. The summed E-state index contributed by atoms with van der Waals surface area (Å²) in [5.41, 5.74) is 1.69. The zero-order chi connectivity index (χ0) is 26.9. The predicted octanol–water partition coefficient (Wildman–Crippen LogP) is 5.22. The fraction of sp³-hybridized carbons (Fsp3) is 0.259. The van der Waals surface area contributed by atoms with Crippen LogP contribution in [0.1, 0.15) is 18.4 Å². The van der Waals surface area contributed by atoms with E-state index in [1.807, 2.05) is 48.5 Å². The minimum absolute atomic E-state index is 0.0912. The third-order valence-corrected chi connectivity index (χ3v) is 9.53. The van der Waals surface area contributed by atoms with Crippen molar-refractivity contribution in [2.75, 3.05) is 25.1 Å². The second-order valence-corrected chi connectivity index (χ2v) is 11.9. The first-order chi connectivity index (χ1) is 18.3. The Hall–Kier alpha value is -3.41. The maximum absolute atomic E-state index is 13.8. The molecular formula is C27H25F2N3O4S2. The number of carbonyl (C=O) groups excluding carboxylic acids is 1. The Morgan fingerprint density at radius 3 is 2.47 bits per heavy atom. The van der Waals surface area contributed by atoms with E-state index >= 15 is 0 Å². The van der Waals surface area contributed by atoms with E-state index in [2.05, 4.69) is 0 Å². The smallest absolute Gasteiger partial charge is 0.243 e. The van der Waals surface area contributed by atoms with Crippen LogP contribution < -0.4 is 9.64 Å². The van der Waals surface area contributed by atoms with Gasteiger partial charge in [-0.2, -0.15) is 4.31 Å². The Bertz CT molecular complexity index is 1570. The van der Waals surface area contributed by atoms with Gasteiger partial charge in [0, 0.05) is 19.0 Å². The first kappa shape index (κ1) is 26.2. The lowest BCUT2D eigenvalue weighted by Gasteiger charge is -2.33. The highest BCUT2D eigenvalue weighted by Gasteiger charge is 2.35. The molecule has 0 aliphatic carbocycles. The number of hydrogen-bond donors (Lipinski definition) is 0. The zero-order valence-electron chi connectivity index (χ0n) is 20.5. The number of hydrogen-bond acceptors (Lipinski definition) is 6. The van der Waals surface area contributed by atoms with Crippen molar-refractivity contribution in [1.29, 1.82) is 0 Å². The monoisotopic (exact) mass is 557 g/mol. The van der Waals surface area contributed by atoms with E-state index in [9.17, 15) is 22.0 Å². The van der Waals surface area contributed by atoms with Crippen LogP contribution in [0.5, 0.6) is 5.75 Å². The molecule has 0 atom stereocenters. The summed E-state index contributed by atoms with van der Waals surface area (Å²) in [6, 6.07) is 17.7. The number of carbonyl (C=O) groups is 1. The van der Waals surface area contributed by atoms with Crippen LogP contribution in [-0.2, 0) is 21.4 Å². The van der Waals surface area contributed by atoms with Gasteiger partial charge in [0.1, 0.15) is 5.75 Å². The minimum atomic E-state index is -4.02. The lowest BCUT2D eigenvalue weighted by Crippen LogP contribution is -2.44. The summed E-state index contributed by atoms with van der Waals surface area (Å²) in [7, 11) is -2.42. The van der Waals surface area contributed by atoms with Gasteiger partial charge in [0.25, 0.3) is 0 Å². The first-order valence-electron chi connectivity index (χ1n) is 12.0. The highest BCUT2D eigenvalue weighted by molar-refractivity contribution is 7.89. The number of halogens is 2. The summed E-state index contributed by atoms with van der Waals surface area (Å²) in [5, 5.41) is 0.555. The molecule has 1 aliphatic heterocycles. The van der Waals surface area contributed by atoms with E-state index < -0.39 is 27.6 Å². The molecule has 0 bridgehead atoms. The lowest BCUT2D eigenvalue weighted by molar-refractivity contribution is -0.123. The van der Waals surface area contributed by atoms with Crippen LogP contribution in [-0.4, -0.2) is 43.8 Å². The highest BCUT2D eigenvalue weighted by atomic mass is 32.2. The molecule has 1 fully saturated rings. The maximum atomic E-state index is 13.8. The summed E-state index contributed by atoms with van der Waals surface area (Å²) in [5.74, 6) is -2.19. The highest BCUT2D eigenvalue weighted by Crippen LogP contribution is 2.34. The van der Waals surface area contributed by atoms with Crippen LogP contribution in [0.4, 0.5) is 13.9 Å². The van der Waals surface area contributed by atoms with Crippen LogP contribution in [0.25, 0.3) is 10.2 Å². The summed E-state index contributed by atoms with van der Waals surface area (Å²) < 4.78 is 60.4. The normalized spacial score (nSPS) is 15.0. The number of rotatable bonds is 7. The molecule has 1 aliphatic rings. The van der Waals surface area contributed by atoms with Crippen molar-refractivity contribution >= 4 is 42.6 Å². The number of methoxy groups -OCH3 is 1.